The van der Waals surface area contributed by atoms with Crippen LogP contribution in [0.2, 0.25) is 0 Å². The van der Waals surface area contributed by atoms with Gasteiger partial charge in [-0.2, -0.15) is 13.2 Å². The molecule has 21 heavy (non-hydrogen) atoms. The zero-order valence-corrected chi connectivity index (χ0v) is 11.9. The summed E-state index contributed by atoms with van der Waals surface area (Å²) in [5, 5.41) is 9.21. The topological polar surface area (TPSA) is 57.6 Å². The summed E-state index contributed by atoms with van der Waals surface area (Å²) in [6.07, 6.45) is -5.51. The molecule has 0 radical (unpaired) electrons. The maximum Gasteiger partial charge on any atom is 0.390 e. The van der Waals surface area contributed by atoms with Crippen LogP contribution in [0.1, 0.15) is 38.3 Å². The van der Waals surface area contributed by atoms with Crippen molar-refractivity contribution in [3.63, 3.8) is 0 Å². The molecule has 116 valence electrons. The van der Waals surface area contributed by atoms with Gasteiger partial charge >= 0.3 is 12.1 Å². The van der Waals surface area contributed by atoms with E-state index in [-0.39, 0.29) is 11.1 Å². The summed E-state index contributed by atoms with van der Waals surface area (Å²) in [5.74, 6) is -2.00. The van der Waals surface area contributed by atoms with Crippen molar-refractivity contribution in [3.05, 3.63) is 34.4 Å². The van der Waals surface area contributed by atoms with Crippen molar-refractivity contribution in [3.8, 4) is 0 Å². The Balaban J connectivity index is 3.13. The third-order valence-electron chi connectivity index (χ3n) is 3.13. The van der Waals surface area contributed by atoms with Crippen molar-refractivity contribution in [1.29, 1.82) is 0 Å². The highest BCUT2D eigenvalue weighted by molar-refractivity contribution is 6.06. The van der Waals surface area contributed by atoms with E-state index in [1.165, 1.54) is 14.0 Å². The lowest BCUT2D eigenvalue weighted by molar-refractivity contribution is -0.136. The molecule has 0 aliphatic rings. The van der Waals surface area contributed by atoms with Crippen molar-refractivity contribution < 1.29 is 27.9 Å². The van der Waals surface area contributed by atoms with Crippen molar-refractivity contribution in [2.24, 2.45) is 0 Å². The van der Waals surface area contributed by atoms with Gasteiger partial charge in [0.25, 0.3) is 5.91 Å². The smallest absolute Gasteiger partial charge is 0.390 e. The van der Waals surface area contributed by atoms with E-state index in [9.17, 15) is 27.9 Å². The molecule has 0 atom stereocenters. The van der Waals surface area contributed by atoms with Crippen LogP contribution in [0.25, 0.3) is 0 Å². The second-order valence-electron chi connectivity index (χ2n) is 4.85. The Morgan fingerprint density at radius 3 is 2.05 bits per heavy atom. The Morgan fingerprint density at radius 2 is 1.62 bits per heavy atom. The summed E-state index contributed by atoms with van der Waals surface area (Å²) in [6, 6.07) is 3.14. The lowest BCUT2D eigenvalue weighted by atomic mass is 9.96. The molecule has 1 amide bonds. The summed E-state index contributed by atoms with van der Waals surface area (Å²) in [7, 11) is 1.22. The lowest BCUT2D eigenvalue weighted by Gasteiger charge is -2.21. The molecule has 0 aliphatic carbocycles. The van der Waals surface area contributed by atoms with Crippen LogP contribution < -0.4 is 0 Å². The minimum atomic E-state index is -4.37. The molecule has 0 saturated carbocycles. The average Bonchev–Trinajstić information content (AvgIpc) is 2.36. The third-order valence-corrected chi connectivity index (χ3v) is 3.13. The van der Waals surface area contributed by atoms with Gasteiger partial charge in [-0.25, -0.2) is 4.79 Å². The van der Waals surface area contributed by atoms with Crippen LogP contribution >= 0.6 is 0 Å². The first kappa shape index (κ1) is 17.0. The number of hydrogen-bond donors (Lipinski definition) is 1. The standard InChI is InChI=1S/C14H16F3NO3/c1-8-4-5-9(2)11(13(20)21)10(8)12(19)18(3)7-6-14(15,16)17/h4-5H,6-7H2,1-3H3,(H,20,21). The molecule has 0 heterocycles. The first-order valence-corrected chi connectivity index (χ1v) is 6.20. The highest BCUT2D eigenvalue weighted by Gasteiger charge is 2.29. The van der Waals surface area contributed by atoms with Gasteiger partial charge in [0.1, 0.15) is 0 Å². The largest absolute Gasteiger partial charge is 0.478 e. The van der Waals surface area contributed by atoms with E-state index < -0.39 is 31.0 Å². The molecule has 0 aliphatic heterocycles. The number of carbonyl (C=O) groups is 2. The minimum absolute atomic E-state index is 0.0628. The highest BCUT2D eigenvalue weighted by atomic mass is 19.4. The Kier molecular flexibility index (Phi) is 4.98. The van der Waals surface area contributed by atoms with E-state index in [4.69, 9.17) is 0 Å². The molecule has 0 aromatic heterocycles. The predicted molar refractivity (Wildman–Crippen MR) is 70.5 cm³/mol. The molecule has 1 aromatic rings. The van der Waals surface area contributed by atoms with Gasteiger partial charge in [-0.1, -0.05) is 12.1 Å². The SMILES string of the molecule is Cc1ccc(C)c(C(=O)N(C)CCC(F)(F)F)c1C(=O)O. The predicted octanol–water partition coefficient (Wildman–Crippen LogP) is 3.03. The molecular formula is C14H16F3NO3. The fraction of sp³-hybridized carbons (Fsp3) is 0.429. The zero-order chi connectivity index (χ0) is 16.4. The average molecular weight is 303 g/mol. The summed E-state index contributed by atoms with van der Waals surface area (Å²) < 4.78 is 36.6. The fourth-order valence-corrected chi connectivity index (χ4v) is 1.95. The second-order valence-corrected chi connectivity index (χ2v) is 4.85. The Hall–Kier alpha value is -2.05. The van der Waals surface area contributed by atoms with E-state index in [1.54, 1.807) is 19.1 Å². The van der Waals surface area contributed by atoms with Gasteiger partial charge in [0.15, 0.2) is 0 Å². The highest BCUT2D eigenvalue weighted by Crippen LogP contribution is 2.23. The number of carbonyl (C=O) groups excluding carboxylic acids is 1. The van der Waals surface area contributed by atoms with Crippen LogP contribution in [-0.2, 0) is 0 Å². The van der Waals surface area contributed by atoms with Gasteiger partial charge in [-0.05, 0) is 25.0 Å². The summed E-state index contributed by atoms with van der Waals surface area (Å²) in [5.41, 5.74) is 0.577. The molecule has 0 spiro atoms. The molecule has 1 aromatic carbocycles. The van der Waals surface area contributed by atoms with Crippen LogP contribution in [0.15, 0.2) is 12.1 Å². The first-order chi connectivity index (χ1) is 9.54. The van der Waals surface area contributed by atoms with Crippen molar-refractivity contribution in [2.75, 3.05) is 13.6 Å². The van der Waals surface area contributed by atoms with Gasteiger partial charge in [0.05, 0.1) is 17.5 Å². The number of carboxylic acids is 1. The maximum absolute atomic E-state index is 12.3. The number of alkyl halides is 3. The lowest BCUT2D eigenvalue weighted by Crippen LogP contribution is -2.32. The number of rotatable bonds is 4. The number of nitrogens with zero attached hydrogens (tertiary/aromatic N) is 1. The van der Waals surface area contributed by atoms with Crippen LogP contribution in [0.3, 0.4) is 0 Å². The third kappa shape index (κ3) is 4.21. The summed E-state index contributed by atoms with van der Waals surface area (Å²) in [6.45, 7) is 2.57. The quantitative estimate of drug-likeness (QED) is 0.930. The fourth-order valence-electron chi connectivity index (χ4n) is 1.95. The molecule has 1 rings (SSSR count). The first-order valence-electron chi connectivity index (χ1n) is 6.20. The zero-order valence-electron chi connectivity index (χ0n) is 11.9. The number of carboxylic acid groups (broad SMARTS) is 1. The molecule has 0 saturated heterocycles. The van der Waals surface area contributed by atoms with Gasteiger partial charge in [0, 0.05) is 13.6 Å². The summed E-state index contributed by atoms with van der Waals surface area (Å²) >= 11 is 0. The number of amides is 1. The second kappa shape index (κ2) is 6.15. The number of aryl methyl sites for hydroxylation is 2. The molecule has 0 bridgehead atoms. The molecule has 0 unspecified atom stereocenters. The molecule has 4 nitrogen and oxygen atoms in total. The Bertz CT molecular complexity index is 567. The monoisotopic (exact) mass is 303 g/mol. The van der Waals surface area contributed by atoms with Crippen molar-refractivity contribution in [2.45, 2.75) is 26.4 Å². The van der Waals surface area contributed by atoms with E-state index >= 15 is 0 Å². The van der Waals surface area contributed by atoms with Gasteiger partial charge < -0.3 is 10.0 Å². The molecule has 7 heteroatoms. The maximum atomic E-state index is 12.3. The number of benzene rings is 1. The minimum Gasteiger partial charge on any atom is -0.478 e. The Morgan fingerprint density at radius 1 is 1.14 bits per heavy atom. The number of halogens is 3. The van der Waals surface area contributed by atoms with Crippen molar-refractivity contribution in [1.82, 2.24) is 4.90 Å². The van der Waals surface area contributed by atoms with Gasteiger partial charge in [-0.3, -0.25) is 4.79 Å². The van der Waals surface area contributed by atoms with E-state index in [2.05, 4.69) is 0 Å². The Labute approximate surface area is 120 Å². The summed E-state index contributed by atoms with van der Waals surface area (Å²) in [4.78, 5) is 24.4. The van der Waals surface area contributed by atoms with Crippen LogP contribution in [0.5, 0.6) is 0 Å². The number of aromatic carboxylic acids is 1. The van der Waals surface area contributed by atoms with E-state index in [0.717, 1.165) is 4.90 Å². The van der Waals surface area contributed by atoms with E-state index in [0.29, 0.717) is 11.1 Å². The molecule has 1 N–H and O–H groups in total. The van der Waals surface area contributed by atoms with Crippen LogP contribution in [0, 0.1) is 13.8 Å². The number of hydrogen-bond acceptors (Lipinski definition) is 2. The van der Waals surface area contributed by atoms with Gasteiger partial charge in [0.2, 0.25) is 0 Å². The van der Waals surface area contributed by atoms with Crippen LogP contribution in [0.4, 0.5) is 13.2 Å². The molecular weight excluding hydrogens is 287 g/mol. The van der Waals surface area contributed by atoms with Crippen molar-refractivity contribution >= 4 is 11.9 Å². The van der Waals surface area contributed by atoms with Crippen LogP contribution in [-0.4, -0.2) is 41.7 Å². The molecule has 0 fully saturated rings. The van der Waals surface area contributed by atoms with Gasteiger partial charge in [-0.15, -0.1) is 0 Å². The normalized spacial score (nSPS) is 11.3. The van der Waals surface area contributed by atoms with E-state index in [1.807, 2.05) is 0 Å².